The van der Waals surface area contributed by atoms with E-state index in [0.29, 0.717) is 29.1 Å². The van der Waals surface area contributed by atoms with Crippen LogP contribution in [0.25, 0.3) is 10.8 Å². The third kappa shape index (κ3) is 4.20. The lowest BCUT2D eigenvalue weighted by Crippen LogP contribution is -2.31. The van der Waals surface area contributed by atoms with Gasteiger partial charge in [-0.3, -0.25) is 9.59 Å². The Morgan fingerprint density at radius 1 is 1.16 bits per heavy atom. The van der Waals surface area contributed by atoms with Crippen LogP contribution in [0.3, 0.4) is 0 Å². The van der Waals surface area contributed by atoms with Crippen molar-refractivity contribution in [3.05, 3.63) is 63.6 Å². The van der Waals surface area contributed by atoms with Crippen molar-refractivity contribution >= 4 is 16.7 Å². The average molecular weight is 436 g/mol. The Labute approximate surface area is 187 Å². The lowest BCUT2D eigenvalue weighted by Gasteiger charge is -2.17. The Hall–Kier alpha value is -3.35. The lowest BCUT2D eigenvalue weighted by molar-refractivity contribution is -0.121. The number of amides is 1. The van der Waals surface area contributed by atoms with E-state index in [9.17, 15) is 9.59 Å². The maximum atomic E-state index is 13.0. The van der Waals surface area contributed by atoms with E-state index in [4.69, 9.17) is 9.47 Å². The predicted molar refractivity (Wildman–Crippen MR) is 123 cm³/mol. The molecule has 0 fully saturated rings. The molecule has 1 amide bonds. The first-order chi connectivity index (χ1) is 15.4. The number of nitrogens with one attached hydrogen (secondary N) is 1. The molecule has 1 atom stereocenters. The van der Waals surface area contributed by atoms with Crippen LogP contribution in [0, 0.1) is 5.92 Å². The van der Waals surface area contributed by atoms with E-state index in [1.807, 2.05) is 44.2 Å². The minimum Gasteiger partial charge on any atom is -0.493 e. The van der Waals surface area contributed by atoms with Gasteiger partial charge in [0.1, 0.15) is 0 Å². The van der Waals surface area contributed by atoms with Gasteiger partial charge in [0, 0.05) is 11.9 Å². The zero-order valence-electron chi connectivity index (χ0n) is 19.0. The maximum Gasteiger partial charge on any atom is 0.274 e. The second-order valence-corrected chi connectivity index (χ2v) is 8.61. The van der Waals surface area contributed by atoms with E-state index in [-0.39, 0.29) is 29.8 Å². The first-order valence-electron chi connectivity index (χ1n) is 10.9. The van der Waals surface area contributed by atoms with Gasteiger partial charge < -0.3 is 14.8 Å². The van der Waals surface area contributed by atoms with Crippen molar-refractivity contribution in [1.29, 1.82) is 0 Å². The summed E-state index contributed by atoms with van der Waals surface area (Å²) >= 11 is 0. The van der Waals surface area contributed by atoms with Gasteiger partial charge in [-0.15, -0.1) is 0 Å². The first kappa shape index (κ1) is 21.9. The molecule has 0 bridgehead atoms. The van der Waals surface area contributed by atoms with E-state index in [0.717, 1.165) is 29.4 Å². The van der Waals surface area contributed by atoms with Gasteiger partial charge in [-0.1, -0.05) is 32.0 Å². The fraction of sp³-hybridized carbons (Fsp3) is 0.400. The minimum absolute atomic E-state index is 0.0925. The molecule has 32 heavy (non-hydrogen) atoms. The molecule has 0 saturated carbocycles. The average Bonchev–Trinajstić information content (AvgIpc) is 3.16. The quantitative estimate of drug-likeness (QED) is 0.615. The summed E-state index contributed by atoms with van der Waals surface area (Å²) in [4.78, 5) is 25.8. The summed E-state index contributed by atoms with van der Waals surface area (Å²) in [6.07, 6.45) is 1.79. The Kier molecular flexibility index (Phi) is 6.17. The predicted octanol–water partition coefficient (Wildman–Crippen LogP) is 3.42. The number of hydrogen-bond acceptors (Lipinski definition) is 5. The number of aromatic nitrogens is 2. The van der Waals surface area contributed by atoms with Crippen LogP contribution in [0.1, 0.15) is 43.1 Å². The van der Waals surface area contributed by atoms with Gasteiger partial charge in [-0.05, 0) is 48.1 Å². The molecule has 1 heterocycles. The second kappa shape index (κ2) is 9.02. The van der Waals surface area contributed by atoms with Gasteiger partial charge in [0.2, 0.25) is 5.91 Å². The van der Waals surface area contributed by atoms with Gasteiger partial charge in [0.25, 0.3) is 5.56 Å². The van der Waals surface area contributed by atoms with E-state index < -0.39 is 0 Å². The molecule has 0 radical (unpaired) electrons. The molecule has 168 valence electrons. The van der Waals surface area contributed by atoms with Crippen molar-refractivity contribution in [2.24, 2.45) is 5.92 Å². The molecule has 0 unspecified atom stereocenters. The Bertz CT molecular complexity index is 1220. The van der Waals surface area contributed by atoms with Crippen LogP contribution in [-0.4, -0.2) is 29.9 Å². The zero-order chi connectivity index (χ0) is 22.8. The van der Waals surface area contributed by atoms with Crippen molar-refractivity contribution in [3.8, 4) is 11.5 Å². The number of benzene rings is 2. The Balaban J connectivity index is 1.60. The Morgan fingerprint density at radius 2 is 1.84 bits per heavy atom. The van der Waals surface area contributed by atoms with Crippen molar-refractivity contribution in [2.75, 3.05) is 14.2 Å². The molecule has 2 aromatic carbocycles. The van der Waals surface area contributed by atoms with Gasteiger partial charge >= 0.3 is 0 Å². The number of fused-ring (bicyclic) bond motifs is 2. The number of hydrogen-bond donors (Lipinski definition) is 1. The molecule has 1 aliphatic carbocycles. The lowest BCUT2D eigenvalue weighted by atomic mass is 10.1. The molecule has 0 saturated heterocycles. The molecule has 3 aromatic rings. The number of methoxy groups -OCH3 is 2. The molecule has 1 aliphatic rings. The Morgan fingerprint density at radius 3 is 2.53 bits per heavy atom. The highest BCUT2D eigenvalue weighted by Gasteiger charge is 2.27. The van der Waals surface area contributed by atoms with Crippen LogP contribution in [0.2, 0.25) is 0 Å². The molecule has 0 aliphatic heterocycles. The van der Waals surface area contributed by atoms with Crippen LogP contribution in [0.15, 0.2) is 41.2 Å². The zero-order valence-corrected chi connectivity index (χ0v) is 19.0. The summed E-state index contributed by atoms with van der Waals surface area (Å²) in [5, 5.41) is 9.02. The van der Waals surface area contributed by atoms with Crippen molar-refractivity contribution in [3.63, 3.8) is 0 Å². The molecular weight excluding hydrogens is 406 g/mol. The third-order valence-corrected chi connectivity index (χ3v) is 5.87. The highest BCUT2D eigenvalue weighted by Crippen LogP contribution is 2.39. The van der Waals surface area contributed by atoms with Crippen molar-refractivity contribution in [2.45, 2.75) is 45.7 Å². The fourth-order valence-electron chi connectivity index (χ4n) is 4.39. The van der Waals surface area contributed by atoms with E-state index in [2.05, 4.69) is 10.4 Å². The molecule has 1 aromatic heterocycles. The van der Waals surface area contributed by atoms with E-state index in [1.165, 1.54) is 4.68 Å². The minimum atomic E-state index is -0.121. The van der Waals surface area contributed by atoms with Gasteiger partial charge in [-0.2, -0.15) is 5.10 Å². The fourth-order valence-corrected chi connectivity index (χ4v) is 4.39. The normalized spacial score (nSPS) is 15.1. The van der Waals surface area contributed by atoms with E-state index in [1.54, 1.807) is 20.3 Å². The summed E-state index contributed by atoms with van der Waals surface area (Å²) in [6, 6.07) is 11.2. The topological polar surface area (TPSA) is 82.4 Å². The number of nitrogens with zero attached hydrogens (tertiary/aromatic N) is 2. The summed E-state index contributed by atoms with van der Waals surface area (Å²) < 4.78 is 12.3. The number of carbonyl (C=O) groups excluding carboxylic acids is 1. The molecule has 0 spiro atoms. The number of rotatable bonds is 7. The van der Waals surface area contributed by atoms with Crippen LogP contribution in [-0.2, 0) is 24.2 Å². The SMILES string of the molecule is COc1cc2c(cc1OC)[C@@H](NC(=O)Cc1nn(CC(C)C)c(=O)c3ccccc13)CC2. The van der Waals surface area contributed by atoms with Gasteiger partial charge in [-0.25, -0.2) is 4.68 Å². The molecular formula is C25H29N3O4. The highest BCUT2D eigenvalue weighted by atomic mass is 16.5. The number of carbonyl (C=O) groups is 1. The molecule has 7 heteroatoms. The van der Waals surface area contributed by atoms with Crippen LogP contribution in [0.4, 0.5) is 0 Å². The molecule has 1 N–H and O–H groups in total. The van der Waals surface area contributed by atoms with Gasteiger partial charge in [0.05, 0.1) is 37.8 Å². The van der Waals surface area contributed by atoms with Crippen LogP contribution >= 0.6 is 0 Å². The smallest absolute Gasteiger partial charge is 0.274 e. The number of ether oxygens (including phenoxy) is 2. The largest absolute Gasteiger partial charge is 0.493 e. The van der Waals surface area contributed by atoms with Crippen molar-refractivity contribution < 1.29 is 14.3 Å². The van der Waals surface area contributed by atoms with Crippen LogP contribution in [0.5, 0.6) is 11.5 Å². The maximum absolute atomic E-state index is 13.0. The van der Waals surface area contributed by atoms with Crippen molar-refractivity contribution in [1.82, 2.24) is 15.1 Å². The van der Waals surface area contributed by atoms with E-state index >= 15 is 0 Å². The van der Waals surface area contributed by atoms with Crippen LogP contribution < -0.4 is 20.3 Å². The third-order valence-electron chi connectivity index (χ3n) is 5.87. The molecule has 4 rings (SSSR count). The standard InChI is InChI=1S/C25H29N3O4/c1-15(2)14-28-25(30)18-8-6-5-7-17(18)21(27-28)13-24(29)26-20-10-9-16-11-22(31-3)23(32-4)12-19(16)20/h5-8,11-12,15,20H,9-10,13-14H2,1-4H3,(H,26,29)/t20-/m0/s1. The molecule has 7 nitrogen and oxygen atoms in total. The summed E-state index contributed by atoms with van der Waals surface area (Å²) in [5.41, 5.74) is 2.70. The first-order valence-corrected chi connectivity index (χ1v) is 10.9. The summed E-state index contributed by atoms with van der Waals surface area (Å²) in [7, 11) is 3.23. The monoisotopic (exact) mass is 435 g/mol. The van der Waals surface area contributed by atoms with Gasteiger partial charge in [0.15, 0.2) is 11.5 Å². The summed E-state index contributed by atoms with van der Waals surface area (Å²) in [5.74, 6) is 1.50. The highest BCUT2D eigenvalue weighted by molar-refractivity contribution is 5.88. The number of aryl methyl sites for hydroxylation is 1. The second-order valence-electron chi connectivity index (χ2n) is 8.61. The summed E-state index contributed by atoms with van der Waals surface area (Å²) in [6.45, 7) is 4.59.